The molecule has 0 amide bonds. The summed E-state index contributed by atoms with van der Waals surface area (Å²) in [4.78, 5) is 25.8. The maximum atomic E-state index is 11.5. The van der Waals surface area contributed by atoms with Crippen molar-refractivity contribution in [1.29, 1.82) is 0 Å². The molecule has 5 aromatic rings. The van der Waals surface area contributed by atoms with Gasteiger partial charge in [0, 0.05) is 11.1 Å². The maximum Gasteiger partial charge on any atom is 0.335 e. The van der Waals surface area contributed by atoms with E-state index in [4.69, 9.17) is 9.97 Å². The highest BCUT2D eigenvalue weighted by atomic mass is 16.4. The van der Waals surface area contributed by atoms with Gasteiger partial charge in [-0.2, -0.15) is 0 Å². The van der Waals surface area contributed by atoms with Crippen LogP contribution in [-0.2, 0) is 0 Å². The van der Waals surface area contributed by atoms with Gasteiger partial charge < -0.3 is 14.8 Å². The summed E-state index contributed by atoms with van der Waals surface area (Å²) in [6, 6.07) is 20.7. The molecule has 7 nitrogen and oxygen atoms in total. The molecule has 0 aliphatic heterocycles. The number of carboxylic acids is 1. The number of aromatic nitrogens is 4. The lowest BCUT2D eigenvalue weighted by atomic mass is 9.92. The van der Waals surface area contributed by atoms with E-state index in [0.717, 1.165) is 59.1 Å². The first-order chi connectivity index (χ1) is 17.1. The minimum Gasteiger partial charge on any atom is -0.478 e. The van der Waals surface area contributed by atoms with Gasteiger partial charge in [0.25, 0.3) is 0 Å². The van der Waals surface area contributed by atoms with Gasteiger partial charge in [0.15, 0.2) is 0 Å². The van der Waals surface area contributed by atoms with Crippen molar-refractivity contribution in [2.24, 2.45) is 0 Å². The van der Waals surface area contributed by atoms with Crippen LogP contribution >= 0.6 is 0 Å². The molecule has 0 spiro atoms. The van der Waals surface area contributed by atoms with Gasteiger partial charge in [-0.1, -0.05) is 43.2 Å². The van der Waals surface area contributed by atoms with Crippen LogP contribution < -0.4 is 0 Å². The fourth-order valence-electron chi connectivity index (χ4n) is 5.06. The Kier molecular flexibility index (Phi) is 5.26. The molecule has 7 heteroatoms. The number of fused-ring (bicyclic) bond motifs is 2. The normalized spacial score (nSPS) is 18.2. The molecule has 2 heterocycles. The van der Waals surface area contributed by atoms with Crippen LogP contribution in [0, 0.1) is 0 Å². The summed E-state index contributed by atoms with van der Waals surface area (Å²) >= 11 is 0. The van der Waals surface area contributed by atoms with Crippen molar-refractivity contribution in [1.82, 2.24) is 19.5 Å². The zero-order chi connectivity index (χ0) is 23.9. The van der Waals surface area contributed by atoms with E-state index in [9.17, 15) is 15.0 Å². The van der Waals surface area contributed by atoms with Crippen molar-refractivity contribution in [2.75, 3.05) is 0 Å². The van der Waals surface area contributed by atoms with E-state index >= 15 is 0 Å². The number of aromatic carboxylic acids is 1. The highest BCUT2D eigenvalue weighted by Crippen LogP contribution is 2.37. The summed E-state index contributed by atoms with van der Waals surface area (Å²) in [6.07, 6.45) is 4.90. The summed E-state index contributed by atoms with van der Waals surface area (Å²) in [7, 11) is 0. The monoisotopic (exact) mass is 464 g/mol. The van der Waals surface area contributed by atoms with Crippen LogP contribution in [0.2, 0.25) is 0 Å². The number of carbonyl (C=O) groups is 1. The van der Waals surface area contributed by atoms with Gasteiger partial charge in [0.05, 0.1) is 51.7 Å². The third-order valence-corrected chi connectivity index (χ3v) is 6.83. The first-order valence-corrected chi connectivity index (χ1v) is 11.8. The van der Waals surface area contributed by atoms with E-state index in [1.165, 1.54) is 0 Å². The van der Waals surface area contributed by atoms with E-state index < -0.39 is 12.1 Å². The second-order valence-corrected chi connectivity index (χ2v) is 9.06. The summed E-state index contributed by atoms with van der Waals surface area (Å²) in [5.74, 6) is -0.291. The number of carboxylic acid groups (broad SMARTS) is 1. The Morgan fingerprint density at radius 2 is 1.69 bits per heavy atom. The average molecular weight is 465 g/mol. The van der Waals surface area contributed by atoms with Crippen LogP contribution in [0.15, 0.2) is 72.9 Å². The minimum atomic E-state index is -0.990. The first-order valence-electron chi connectivity index (χ1n) is 11.8. The van der Waals surface area contributed by atoms with Crippen LogP contribution in [0.5, 0.6) is 0 Å². The molecular formula is C28H24N4O3. The van der Waals surface area contributed by atoms with E-state index in [0.29, 0.717) is 11.3 Å². The number of hydrogen-bond donors (Lipinski definition) is 2. The van der Waals surface area contributed by atoms with Crippen LogP contribution in [0.4, 0.5) is 0 Å². The maximum absolute atomic E-state index is 11.5. The number of imidazole rings is 1. The van der Waals surface area contributed by atoms with Gasteiger partial charge in [-0.05, 0) is 49.2 Å². The topological polar surface area (TPSA) is 101 Å². The van der Waals surface area contributed by atoms with Crippen molar-refractivity contribution in [3.8, 4) is 22.6 Å². The third kappa shape index (κ3) is 3.84. The number of rotatable bonds is 4. The molecular weight excluding hydrogens is 440 g/mol. The van der Waals surface area contributed by atoms with Crippen molar-refractivity contribution in [3.05, 3.63) is 78.5 Å². The Morgan fingerprint density at radius 1 is 0.857 bits per heavy atom. The molecule has 0 saturated heterocycles. The molecule has 2 unspecified atom stereocenters. The molecule has 6 rings (SSSR count). The lowest BCUT2D eigenvalue weighted by Crippen LogP contribution is -2.28. The smallest absolute Gasteiger partial charge is 0.335 e. The minimum absolute atomic E-state index is 0.123. The van der Waals surface area contributed by atoms with Crippen molar-refractivity contribution >= 4 is 28.0 Å². The second-order valence-electron chi connectivity index (χ2n) is 9.06. The molecule has 0 radical (unpaired) electrons. The molecule has 3 aromatic carbocycles. The van der Waals surface area contributed by atoms with Crippen LogP contribution in [-0.4, -0.2) is 41.8 Å². The quantitative estimate of drug-likeness (QED) is 0.365. The van der Waals surface area contributed by atoms with Gasteiger partial charge in [-0.25, -0.2) is 14.8 Å². The number of aliphatic hydroxyl groups excluding tert-OH is 1. The molecule has 0 bridgehead atoms. The predicted octanol–water partition coefficient (Wildman–Crippen LogP) is 5.49. The highest BCUT2D eigenvalue weighted by Gasteiger charge is 2.29. The fraction of sp³-hybridized carbons (Fsp3) is 0.214. The van der Waals surface area contributed by atoms with Crippen molar-refractivity contribution < 1.29 is 15.0 Å². The molecule has 1 aliphatic rings. The lowest BCUT2D eigenvalue weighted by Gasteiger charge is -2.30. The van der Waals surface area contributed by atoms with Gasteiger partial charge in [0.1, 0.15) is 5.82 Å². The Balaban J connectivity index is 1.50. The summed E-state index contributed by atoms with van der Waals surface area (Å²) in [5, 5.41) is 20.3. The summed E-state index contributed by atoms with van der Waals surface area (Å²) in [6.45, 7) is 0. The Morgan fingerprint density at radius 3 is 2.49 bits per heavy atom. The van der Waals surface area contributed by atoms with Crippen LogP contribution in [0.25, 0.3) is 44.7 Å². The first kappa shape index (κ1) is 21.4. The molecule has 174 valence electrons. The number of hydrogen-bond acceptors (Lipinski definition) is 5. The fourth-order valence-corrected chi connectivity index (χ4v) is 5.06. The van der Waals surface area contributed by atoms with Gasteiger partial charge in [-0.15, -0.1) is 0 Å². The van der Waals surface area contributed by atoms with Gasteiger partial charge in [-0.3, -0.25) is 4.98 Å². The number of benzene rings is 3. The SMILES string of the molecule is O=C(O)c1ccc2c(c1)nc(-c1ccc3nc(-c4ccccc4)cnc3c1)n2C1CCCCC1O. The standard InChI is InChI=1S/C28H24N4O3/c33-26-9-5-4-8-25(26)32-24-13-11-19(28(34)35)15-22(24)31-27(32)18-10-12-20-21(14-18)29-16-23(30-20)17-6-2-1-3-7-17/h1-3,6-7,10-16,25-26,33H,4-5,8-9H2,(H,34,35). The van der Waals surface area contributed by atoms with Crippen molar-refractivity contribution in [3.63, 3.8) is 0 Å². The van der Waals surface area contributed by atoms with Crippen molar-refractivity contribution in [2.45, 2.75) is 37.8 Å². The summed E-state index contributed by atoms with van der Waals surface area (Å²) in [5.41, 5.74) is 5.81. The number of nitrogens with zero attached hydrogens (tertiary/aromatic N) is 4. The summed E-state index contributed by atoms with van der Waals surface area (Å²) < 4.78 is 2.08. The highest BCUT2D eigenvalue weighted by molar-refractivity contribution is 5.93. The van der Waals surface area contributed by atoms with Gasteiger partial charge in [0.2, 0.25) is 0 Å². The van der Waals surface area contributed by atoms with E-state index in [1.807, 2.05) is 48.5 Å². The zero-order valence-corrected chi connectivity index (χ0v) is 19.0. The average Bonchev–Trinajstić information content (AvgIpc) is 3.27. The van der Waals surface area contributed by atoms with Crippen LogP contribution in [0.3, 0.4) is 0 Å². The molecule has 1 saturated carbocycles. The Bertz CT molecular complexity index is 1560. The molecule has 35 heavy (non-hydrogen) atoms. The lowest BCUT2D eigenvalue weighted by molar-refractivity contribution is 0.0696. The number of aliphatic hydroxyl groups is 1. The predicted molar refractivity (Wildman–Crippen MR) is 134 cm³/mol. The molecule has 2 atom stereocenters. The van der Waals surface area contributed by atoms with E-state index in [-0.39, 0.29) is 11.6 Å². The molecule has 2 aromatic heterocycles. The largest absolute Gasteiger partial charge is 0.478 e. The van der Waals surface area contributed by atoms with Crippen LogP contribution in [0.1, 0.15) is 42.1 Å². The zero-order valence-electron chi connectivity index (χ0n) is 19.0. The second kappa shape index (κ2) is 8.60. The molecule has 2 N–H and O–H groups in total. The molecule has 1 aliphatic carbocycles. The molecule has 1 fully saturated rings. The van der Waals surface area contributed by atoms with Gasteiger partial charge >= 0.3 is 5.97 Å². The van der Waals surface area contributed by atoms with E-state index in [2.05, 4.69) is 9.55 Å². The van der Waals surface area contributed by atoms with E-state index in [1.54, 1.807) is 24.4 Å². The third-order valence-electron chi connectivity index (χ3n) is 6.83. The Hall–Kier alpha value is -4.10. The Labute approximate surface area is 201 Å².